The zero-order chi connectivity index (χ0) is 30.5. The number of aliphatic carboxylic acids is 1. The molecule has 10 heteroatoms. The van der Waals surface area contributed by atoms with E-state index in [0.29, 0.717) is 49.5 Å². The first-order chi connectivity index (χ1) is 18.7. The van der Waals surface area contributed by atoms with Crippen LogP contribution in [0, 0.1) is 17.8 Å². The van der Waals surface area contributed by atoms with E-state index in [1.165, 1.54) is 6.92 Å². The van der Waals surface area contributed by atoms with E-state index in [0.717, 1.165) is 0 Å². The van der Waals surface area contributed by atoms with Gasteiger partial charge in [0.1, 0.15) is 5.60 Å². The van der Waals surface area contributed by atoms with Crippen molar-refractivity contribution in [3.05, 3.63) is 23.8 Å². The van der Waals surface area contributed by atoms with Crippen molar-refractivity contribution in [2.24, 2.45) is 17.8 Å². The minimum atomic E-state index is -1.25. The molecule has 0 saturated carbocycles. The van der Waals surface area contributed by atoms with Crippen LogP contribution in [0.5, 0.6) is 11.5 Å². The number of alkyl carbamates (subject to hydrolysis) is 1. The molecule has 4 N–H and O–H groups in total. The molecule has 10 nitrogen and oxygen atoms in total. The van der Waals surface area contributed by atoms with Gasteiger partial charge >= 0.3 is 12.1 Å². The molecule has 0 aliphatic rings. The topological polar surface area (TPSA) is 144 Å². The van der Waals surface area contributed by atoms with Gasteiger partial charge in [0.05, 0.1) is 31.3 Å². The Balaban J connectivity index is 3.49. The van der Waals surface area contributed by atoms with Gasteiger partial charge in [-0.3, -0.25) is 4.79 Å². The van der Waals surface area contributed by atoms with E-state index in [2.05, 4.69) is 19.2 Å². The number of hydrogen-bond donors (Lipinski definition) is 4. The lowest BCUT2D eigenvalue weighted by molar-refractivity contribution is -0.143. The van der Waals surface area contributed by atoms with Gasteiger partial charge in [0.2, 0.25) is 0 Å². The van der Waals surface area contributed by atoms with E-state index < -0.39 is 41.6 Å². The van der Waals surface area contributed by atoms with Gasteiger partial charge < -0.3 is 39.6 Å². The molecule has 0 bridgehead atoms. The van der Waals surface area contributed by atoms with Crippen molar-refractivity contribution in [3.63, 3.8) is 0 Å². The maximum atomic E-state index is 12.8. The Labute approximate surface area is 239 Å². The lowest BCUT2D eigenvalue weighted by Crippen LogP contribution is -2.50. The summed E-state index contributed by atoms with van der Waals surface area (Å²) in [5.41, 5.74) is -0.204. The predicted octanol–water partition coefficient (Wildman–Crippen LogP) is 4.60. The highest BCUT2D eigenvalue weighted by Gasteiger charge is 2.38. The van der Waals surface area contributed by atoms with Gasteiger partial charge in [0.25, 0.3) is 0 Å². The summed E-state index contributed by atoms with van der Waals surface area (Å²) in [6, 6.07) is 4.30. The van der Waals surface area contributed by atoms with Crippen LogP contribution >= 0.6 is 0 Å². The Morgan fingerprint density at radius 1 is 0.975 bits per heavy atom. The SMILES string of the molecule is COCCCOc1cc(C(C(C)C(=O)O)C(O)C(CC(C)C(C)C)NC(=O)OC(C)(C)C)ccc1OCCCO. The molecule has 0 aliphatic heterocycles. The third-order valence-corrected chi connectivity index (χ3v) is 6.84. The van der Waals surface area contributed by atoms with Crippen molar-refractivity contribution >= 4 is 12.1 Å². The van der Waals surface area contributed by atoms with Crippen LogP contribution in [0.3, 0.4) is 0 Å². The lowest BCUT2D eigenvalue weighted by Gasteiger charge is -2.35. The first kappa shape index (κ1) is 35.5. The van der Waals surface area contributed by atoms with E-state index in [9.17, 15) is 19.8 Å². The summed E-state index contributed by atoms with van der Waals surface area (Å²) < 4.78 is 22.3. The fourth-order valence-electron chi connectivity index (χ4n) is 4.20. The summed E-state index contributed by atoms with van der Waals surface area (Å²) in [6.45, 7) is 14.0. The molecule has 1 rings (SSSR count). The average Bonchev–Trinajstić information content (AvgIpc) is 2.86. The standard InChI is InChI=1S/C30H51NO9/c1-19(2)20(3)17-23(31-29(36)40-30(5,6)7)27(33)26(21(4)28(34)35)22-11-12-24(38-15-9-13-32)25(18-22)39-16-10-14-37-8/h11-12,18-21,23,26-27,32-33H,9-10,13-17H2,1-8H3,(H,31,36)(H,34,35). The molecular weight excluding hydrogens is 518 g/mol. The number of benzene rings is 1. The summed E-state index contributed by atoms with van der Waals surface area (Å²) >= 11 is 0. The molecule has 5 atom stereocenters. The number of carbonyl (C=O) groups excluding carboxylic acids is 1. The van der Waals surface area contributed by atoms with Gasteiger partial charge in [-0.1, -0.05) is 33.8 Å². The number of aliphatic hydroxyl groups is 2. The van der Waals surface area contributed by atoms with Crippen molar-refractivity contribution in [1.29, 1.82) is 0 Å². The quantitative estimate of drug-likeness (QED) is 0.186. The number of nitrogens with one attached hydrogen (secondary N) is 1. The first-order valence-corrected chi connectivity index (χ1v) is 14.1. The number of carbonyl (C=O) groups is 2. The molecule has 5 unspecified atom stereocenters. The van der Waals surface area contributed by atoms with Gasteiger partial charge in [0.15, 0.2) is 11.5 Å². The molecule has 0 fully saturated rings. The van der Waals surface area contributed by atoms with Gasteiger partial charge in [-0.05, 0) is 56.7 Å². The van der Waals surface area contributed by atoms with Crippen molar-refractivity contribution in [3.8, 4) is 11.5 Å². The largest absolute Gasteiger partial charge is 0.490 e. The van der Waals surface area contributed by atoms with E-state index in [4.69, 9.17) is 24.1 Å². The highest BCUT2D eigenvalue weighted by atomic mass is 16.6. The van der Waals surface area contributed by atoms with Gasteiger partial charge in [0, 0.05) is 39.1 Å². The van der Waals surface area contributed by atoms with Crippen LogP contribution in [-0.4, -0.2) is 78.7 Å². The van der Waals surface area contributed by atoms with Crippen LogP contribution in [0.15, 0.2) is 18.2 Å². The van der Waals surface area contributed by atoms with Gasteiger partial charge in [-0.15, -0.1) is 0 Å². The molecule has 0 aliphatic carbocycles. The van der Waals surface area contributed by atoms with Gasteiger partial charge in [-0.25, -0.2) is 4.79 Å². The molecular formula is C30H51NO9. The second-order valence-electron chi connectivity index (χ2n) is 11.7. The molecule has 40 heavy (non-hydrogen) atoms. The normalized spacial score (nSPS) is 15.6. The lowest BCUT2D eigenvalue weighted by atomic mass is 9.77. The molecule has 0 heterocycles. The maximum absolute atomic E-state index is 12.8. The number of aliphatic hydroxyl groups excluding tert-OH is 2. The highest BCUT2D eigenvalue weighted by Crippen LogP contribution is 2.38. The molecule has 0 spiro atoms. The third kappa shape index (κ3) is 12.3. The monoisotopic (exact) mass is 569 g/mol. The summed E-state index contributed by atoms with van der Waals surface area (Å²) in [4.78, 5) is 25.0. The van der Waals surface area contributed by atoms with Crippen LogP contribution in [0.25, 0.3) is 0 Å². The number of carboxylic acid groups (broad SMARTS) is 1. The summed E-state index contributed by atoms with van der Waals surface area (Å²) in [7, 11) is 1.60. The van der Waals surface area contributed by atoms with Crippen LogP contribution in [0.4, 0.5) is 4.79 Å². The Morgan fingerprint density at radius 3 is 2.15 bits per heavy atom. The molecule has 1 amide bonds. The van der Waals surface area contributed by atoms with Crippen LogP contribution in [0.1, 0.15) is 79.2 Å². The average molecular weight is 570 g/mol. The van der Waals surface area contributed by atoms with E-state index in [1.54, 1.807) is 46.1 Å². The van der Waals surface area contributed by atoms with E-state index >= 15 is 0 Å². The van der Waals surface area contributed by atoms with E-state index in [-0.39, 0.29) is 25.0 Å². The number of hydrogen-bond acceptors (Lipinski definition) is 8. The number of rotatable bonds is 18. The Morgan fingerprint density at radius 2 is 1.60 bits per heavy atom. The van der Waals surface area contributed by atoms with Crippen LogP contribution in [-0.2, 0) is 14.3 Å². The minimum Gasteiger partial charge on any atom is -0.490 e. The zero-order valence-corrected chi connectivity index (χ0v) is 25.4. The Bertz CT molecular complexity index is 900. The number of methoxy groups -OCH3 is 1. The predicted molar refractivity (Wildman–Crippen MR) is 153 cm³/mol. The highest BCUT2D eigenvalue weighted by molar-refractivity contribution is 5.71. The van der Waals surface area contributed by atoms with Crippen LogP contribution in [0.2, 0.25) is 0 Å². The molecule has 0 aromatic heterocycles. The number of carboxylic acids is 1. The second-order valence-corrected chi connectivity index (χ2v) is 11.7. The van der Waals surface area contributed by atoms with Gasteiger partial charge in [-0.2, -0.15) is 0 Å². The Kier molecular flexibility index (Phi) is 15.3. The maximum Gasteiger partial charge on any atom is 0.407 e. The van der Waals surface area contributed by atoms with Crippen LogP contribution < -0.4 is 14.8 Å². The van der Waals surface area contributed by atoms with Crippen molar-refractivity contribution in [1.82, 2.24) is 5.32 Å². The van der Waals surface area contributed by atoms with Crippen molar-refractivity contribution < 1.29 is 43.9 Å². The molecule has 1 aromatic carbocycles. The number of amides is 1. The third-order valence-electron chi connectivity index (χ3n) is 6.84. The van der Waals surface area contributed by atoms with Crippen molar-refractivity contribution in [2.75, 3.05) is 33.5 Å². The Hall–Kier alpha value is -2.56. The minimum absolute atomic E-state index is 0.0205. The fourth-order valence-corrected chi connectivity index (χ4v) is 4.20. The first-order valence-electron chi connectivity index (χ1n) is 14.1. The summed E-state index contributed by atoms with van der Waals surface area (Å²) in [5.74, 6) is -1.72. The molecule has 1 aromatic rings. The number of ether oxygens (including phenoxy) is 4. The fraction of sp³-hybridized carbons (Fsp3) is 0.733. The summed E-state index contributed by atoms with van der Waals surface area (Å²) in [5, 5.41) is 33.7. The summed E-state index contributed by atoms with van der Waals surface area (Å²) in [6.07, 6.45) is -0.437. The molecule has 0 radical (unpaired) electrons. The molecule has 0 saturated heterocycles. The van der Waals surface area contributed by atoms with E-state index in [1.807, 2.05) is 6.92 Å². The molecule has 230 valence electrons. The zero-order valence-electron chi connectivity index (χ0n) is 25.4. The smallest absolute Gasteiger partial charge is 0.407 e. The van der Waals surface area contributed by atoms with Crippen molar-refractivity contribution in [2.45, 2.75) is 91.4 Å². The second kappa shape index (κ2) is 17.3.